The van der Waals surface area contributed by atoms with Crippen molar-refractivity contribution in [3.63, 3.8) is 0 Å². The van der Waals surface area contributed by atoms with Crippen LogP contribution in [0.3, 0.4) is 0 Å². The fourth-order valence-corrected chi connectivity index (χ4v) is 5.63. The molecule has 0 spiro atoms. The van der Waals surface area contributed by atoms with Gasteiger partial charge in [0, 0.05) is 12.1 Å². The van der Waals surface area contributed by atoms with E-state index in [4.69, 9.17) is 5.73 Å². The van der Waals surface area contributed by atoms with Gasteiger partial charge < -0.3 is 32.0 Å². The van der Waals surface area contributed by atoms with E-state index in [0.717, 1.165) is 37.7 Å². The van der Waals surface area contributed by atoms with Crippen molar-refractivity contribution in [1.82, 2.24) is 31.2 Å². The van der Waals surface area contributed by atoms with E-state index in [0.29, 0.717) is 12.8 Å². The van der Waals surface area contributed by atoms with Crippen LogP contribution in [-0.2, 0) is 20.8 Å². The number of carbonyl (C=O) groups excluding carboxylic acids is 4. The van der Waals surface area contributed by atoms with Gasteiger partial charge in [0.05, 0.1) is 0 Å². The number of carbonyl (C=O) groups is 4. The summed E-state index contributed by atoms with van der Waals surface area (Å²) < 4.78 is 14.0. The minimum Gasteiger partial charge on any atom is -0.349 e. The topological polar surface area (TPSA) is 208 Å². The van der Waals surface area contributed by atoms with E-state index in [-0.39, 0.29) is 11.8 Å². The van der Waals surface area contributed by atoms with Crippen molar-refractivity contribution in [2.45, 2.75) is 96.3 Å². The maximum absolute atomic E-state index is 14.0. The van der Waals surface area contributed by atoms with Crippen molar-refractivity contribution in [1.29, 1.82) is 0 Å². The predicted octanol–water partition coefficient (Wildman–Crippen LogP) is 0.993. The van der Waals surface area contributed by atoms with Gasteiger partial charge in [-0.1, -0.05) is 76.3 Å². The van der Waals surface area contributed by atoms with Crippen molar-refractivity contribution < 1.29 is 23.6 Å². The minimum absolute atomic E-state index is 0.270. The van der Waals surface area contributed by atoms with Gasteiger partial charge in [0.25, 0.3) is 11.5 Å². The molecule has 0 unspecified atom stereocenters. The molecule has 1 aromatic heterocycles. The van der Waals surface area contributed by atoms with Gasteiger partial charge in [0.1, 0.15) is 23.8 Å². The molecule has 252 valence electrons. The van der Waals surface area contributed by atoms with Crippen LogP contribution in [0.2, 0.25) is 0 Å². The number of H-pyrrole nitrogens is 2. The average molecular weight is 644 g/mol. The summed E-state index contributed by atoms with van der Waals surface area (Å²) in [5.41, 5.74) is 3.04. The third-order valence-electron chi connectivity index (χ3n) is 8.05. The number of halogens is 1. The lowest BCUT2D eigenvalue weighted by molar-refractivity contribution is -0.134. The lowest BCUT2D eigenvalue weighted by Crippen LogP contribution is -2.60. The van der Waals surface area contributed by atoms with E-state index in [9.17, 15) is 33.2 Å². The monoisotopic (exact) mass is 643 g/mol. The molecule has 1 aliphatic carbocycles. The summed E-state index contributed by atoms with van der Waals surface area (Å²) in [7, 11) is 0. The first-order valence-corrected chi connectivity index (χ1v) is 15.7. The Hall–Kier alpha value is -4.33. The Morgan fingerprint density at radius 3 is 2.24 bits per heavy atom. The van der Waals surface area contributed by atoms with Crippen molar-refractivity contribution >= 4 is 23.6 Å². The Morgan fingerprint density at radius 2 is 1.61 bits per heavy atom. The summed E-state index contributed by atoms with van der Waals surface area (Å²) in [6, 6.07) is 6.52. The average Bonchev–Trinajstić information content (AvgIpc) is 3.00. The van der Waals surface area contributed by atoms with Crippen LogP contribution in [0.25, 0.3) is 0 Å². The first-order chi connectivity index (χ1) is 21.7. The Balaban J connectivity index is 1.67. The zero-order valence-electron chi connectivity index (χ0n) is 26.8. The fourth-order valence-electron chi connectivity index (χ4n) is 5.63. The van der Waals surface area contributed by atoms with Crippen molar-refractivity contribution in [3.8, 4) is 0 Å². The maximum Gasteiger partial charge on any atom is 0.326 e. The van der Waals surface area contributed by atoms with E-state index >= 15 is 0 Å². The lowest BCUT2D eigenvalue weighted by Gasteiger charge is -2.33. The molecule has 13 nitrogen and oxygen atoms in total. The molecule has 46 heavy (non-hydrogen) atoms. The van der Waals surface area contributed by atoms with Crippen molar-refractivity contribution in [3.05, 3.63) is 68.2 Å². The number of nitrogens with one attached hydrogen (secondary N) is 6. The van der Waals surface area contributed by atoms with Gasteiger partial charge >= 0.3 is 5.69 Å². The van der Waals surface area contributed by atoms with E-state index in [2.05, 4.69) is 21.3 Å². The van der Waals surface area contributed by atoms with Gasteiger partial charge in [-0.3, -0.25) is 29.0 Å². The number of aromatic amines is 2. The molecular weight excluding hydrogens is 597 g/mol. The smallest absolute Gasteiger partial charge is 0.326 e. The highest BCUT2D eigenvalue weighted by atomic mass is 19.1. The number of amides is 4. The van der Waals surface area contributed by atoms with Gasteiger partial charge in [0.2, 0.25) is 23.5 Å². The normalized spacial score (nSPS) is 15.8. The second-order valence-electron chi connectivity index (χ2n) is 13.0. The van der Waals surface area contributed by atoms with Crippen molar-refractivity contribution in [2.24, 2.45) is 17.6 Å². The molecule has 1 heterocycles. The van der Waals surface area contributed by atoms with Crippen molar-refractivity contribution in [2.75, 3.05) is 6.54 Å². The zero-order valence-corrected chi connectivity index (χ0v) is 26.8. The molecule has 2 aromatic rings. The van der Waals surface area contributed by atoms with Gasteiger partial charge in [-0.15, -0.1) is 0 Å². The van der Waals surface area contributed by atoms with E-state index in [1.165, 1.54) is 0 Å². The Labute approximate surface area is 267 Å². The number of benzene rings is 1. The highest BCUT2D eigenvalue weighted by Gasteiger charge is 2.34. The van der Waals surface area contributed by atoms with Crippen LogP contribution in [0, 0.1) is 17.7 Å². The van der Waals surface area contributed by atoms with Gasteiger partial charge in [-0.05, 0) is 44.1 Å². The van der Waals surface area contributed by atoms with Gasteiger partial charge in [0.15, 0.2) is 0 Å². The van der Waals surface area contributed by atoms with Crippen LogP contribution in [-0.4, -0.2) is 63.8 Å². The predicted molar refractivity (Wildman–Crippen MR) is 170 cm³/mol. The van der Waals surface area contributed by atoms with Gasteiger partial charge in [-0.25, -0.2) is 4.79 Å². The zero-order chi connectivity index (χ0) is 34.0. The number of nitrogens with two attached hydrogens (primary N) is 1. The summed E-state index contributed by atoms with van der Waals surface area (Å²) in [6.07, 6.45) is 6.25. The minimum atomic E-state index is -1.50. The second-order valence-corrected chi connectivity index (χ2v) is 13.0. The summed E-state index contributed by atoms with van der Waals surface area (Å²) in [4.78, 5) is 78.9. The maximum atomic E-state index is 14.0. The number of rotatable bonds is 14. The van der Waals surface area contributed by atoms with Crippen LogP contribution < -0.4 is 38.2 Å². The highest BCUT2D eigenvalue weighted by Crippen LogP contribution is 2.28. The SMILES string of the molecule is CC(C)[C@H](NC(=O)[C@@H](N)CNC(=O)c1[nH]c(=O)[nH]c(=O)c1F)C(=O)N[C@@H](CC1CCCCC1)C(=O)NC(C)(C)Cc1ccccc1. The molecule has 1 saturated carbocycles. The summed E-state index contributed by atoms with van der Waals surface area (Å²) >= 11 is 0. The number of hydrogen-bond acceptors (Lipinski definition) is 7. The molecular formula is C32H46FN7O6. The molecule has 1 fully saturated rings. The molecule has 3 atom stereocenters. The quantitative estimate of drug-likeness (QED) is 0.159. The Bertz CT molecular complexity index is 1480. The third kappa shape index (κ3) is 10.6. The van der Waals surface area contributed by atoms with E-state index in [1.54, 1.807) is 18.8 Å². The first kappa shape index (κ1) is 36.1. The summed E-state index contributed by atoms with van der Waals surface area (Å²) in [5, 5.41) is 10.8. The molecule has 1 aliphatic rings. The Kier molecular flexibility index (Phi) is 12.8. The number of hydrogen-bond donors (Lipinski definition) is 7. The molecule has 3 rings (SSSR count). The Morgan fingerprint density at radius 1 is 0.957 bits per heavy atom. The molecule has 14 heteroatoms. The number of aromatic nitrogens is 2. The standard InChI is InChI=1S/C32H46FN7O6/c1-18(2)24(37-26(41)21(34)17-35-29(44)25-23(33)28(43)39-31(46)38-25)30(45)36-22(15-19-11-7-5-8-12-19)27(42)40-32(3,4)16-20-13-9-6-10-14-20/h6,9-10,13-14,18-19,21-22,24H,5,7-8,11-12,15-17,34H2,1-4H3,(H,35,44)(H,36,45)(H,37,41)(H,40,42)(H2,38,39,43,46)/t21-,22-,24-/m0/s1. The molecule has 0 saturated heterocycles. The van der Waals surface area contributed by atoms with Crippen LogP contribution >= 0.6 is 0 Å². The molecule has 1 aromatic carbocycles. The summed E-state index contributed by atoms with van der Waals surface area (Å²) in [6.45, 7) is 6.81. The second kappa shape index (κ2) is 16.3. The highest BCUT2D eigenvalue weighted by molar-refractivity contribution is 5.95. The molecule has 0 bridgehead atoms. The molecule has 0 radical (unpaired) electrons. The molecule has 4 amide bonds. The van der Waals surface area contributed by atoms with Crippen LogP contribution in [0.15, 0.2) is 39.9 Å². The molecule has 0 aliphatic heterocycles. The van der Waals surface area contributed by atoms with E-state index in [1.807, 2.05) is 49.2 Å². The van der Waals surface area contributed by atoms with Crippen LogP contribution in [0.4, 0.5) is 4.39 Å². The largest absolute Gasteiger partial charge is 0.349 e. The summed E-state index contributed by atoms with van der Waals surface area (Å²) in [5.74, 6) is -4.43. The van der Waals surface area contributed by atoms with E-state index < -0.39 is 76.6 Å². The molecule has 8 N–H and O–H groups in total. The van der Waals surface area contributed by atoms with Crippen LogP contribution in [0.5, 0.6) is 0 Å². The van der Waals surface area contributed by atoms with Gasteiger partial charge in [-0.2, -0.15) is 4.39 Å². The third-order valence-corrected chi connectivity index (χ3v) is 8.05. The fraction of sp³-hybridized carbons (Fsp3) is 0.562. The first-order valence-electron chi connectivity index (χ1n) is 15.7. The van der Waals surface area contributed by atoms with Crippen LogP contribution in [0.1, 0.15) is 82.3 Å². The lowest BCUT2D eigenvalue weighted by atomic mass is 9.84.